The van der Waals surface area contributed by atoms with Crippen LogP contribution in [-0.2, 0) is 21.4 Å². The molecule has 1 amide bonds. The van der Waals surface area contributed by atoms with E-state index in [1.165, 1.54) is 4.31 Å². The molecule has 0 radical (unpaired) electrons. The minimum Gasteiger partial charge on any atom is -0.325 e. The summed E-state index contributed by atoms with van der Waals surface area (Å²) in [5.74, 6) is -0.364. The fourth-order valence-corrected chi connectivity index (χ4v) is 2.95. The summed E-state index contributed by atoms with van der Waals surface area (Å²) in [7, 11) is -3.48. The van der Waals surface area contributed by atoms with E-state index in [0.29, 0.717) is 16.9 Å². The van der Waals surface area contributed by atoms with Gasteiger partial charge in [-0.05, 0) is 24.3 Å². The van der Waals surface area contributed by atoms with E-state index >= 15 is 0 Å². The Hall–Kier alpha value is -2.76. The molecule has 0 saturated heterocycles. The minimum atomic E-state index is -3.48. The van der Waals surface area contributed by atoms with Crippen LogP contribution in [0.2, 0.25) is 0 Å². The lowest BCUT2D eigenvalue weighted by atomic mass is 10.2. The van der Waals surface area contributed by atoms with Crippen molar-refractivity contribution in [3.05, 3.63) is 59.9 Å². The molecule has 0 saturated carbocycles. The van der Waals surface area contributed by atoms with E-state index in [1.54, 1.807) is 48.7 Å². The van der Waals surface area contributed by atoms with Gasteiger partial charge in [0.2, 0.25) is 15.9 Å². The summed E-state index contributed by atoms with van der Waals surface area (Å²) in [6.45, 7) is 0.123. The molecule has 0 aliphatic heterocycles. The van der Waals surface area contributed by atoms with Crippen LogP contribution in [-0.4, -0.2) is 36.4 Å². The SMILES string of the molecule is CS(=O)(=O)N(CCC(=O)Nc1ccccc1C#N)Cc1ccccn1. The second-order valence-electron chi connectivity index (χ2n) is 5.37. The molecule has 1 aromatic carbocycles. The number of aromatic nitrogens is 1. The van der Waals surface area contributed by atoms with Crippen molar-refractivity contribution in [3.8, 4) is 6.07 Å². The third kappa shape index (κ3) is 5.67. The average Bonchev–Trinajstić information content (AvgIpc) is 2.59. The zero-order valence-corrected chi connectivity index (χ0v) is 14.5. The van der Waals surface area contributed by atoms with Crippen LogP contribution >= 0.6 is 0 Å². The number of para-hydroxylation sites is 1. The predicted octanol–water partition coefficient (Wildman–Crippen LogP) is 1.74. The first-order valence-corrected chi connectivity index (χ1v) is 9.39. The highest BCUT2D eigenvalue weighted by Crippen LogP contribution is 2.14. The number of carbonyl (C=O) groups excluding carboxylic acids is 1. The molecule has 130 valence electrons. The van der Waals surface area contributed by atoms with Crippen LogP contribution in [0.25, 0.3) is 0 Å². The molecule has 2 aromatic rings. The smallest absolute Gasteiger partial charge is 0.225 e. The van der Waals surface area contributed by atoms with Gasteiger partial charge in [0.05, 0.1) is 29.7 Å². The Labute approximate surface area is 147 Å². The summed E-state index contributed by atoms with van der Waals surface area (Å²) >= 11 is 0. The number of hydrogen-bond acceptors (Lipinski definition) is 5. The molecule has 0 atom stereocenters. The lowest BCUT2D eigenvalue weighted by Gasteiger charge is -2.19. The number of pyridine rings is 1. The van der Waals surface area contributed by atoms with Crippen LogP contribution in [0.5, 0.6) is 0 Å². The minimum absolute atomic E-state index is 0.0238. The Balaban J connectivity index is 2.00. The van der Waals surface area contributed by atoms with Gasteiger partial charge < -0.3 is 5.32 Å². The largest absolute Gasteiger partial charge is 0.325 e. The summed E-state index contributed by atoms with van der Waals surface area (Å²) in [5, 5.41) is 11.7. The Morgan fingerprint density at radius 3 is 2.60 bits per heavy atom. The number of nitrogens with zero attached hydrogens (tertiary/aromatic N) is 3. The quantitative estimate of drug-likeness (QED) is 0.812. The predicted molar refractivity (Wildman–Crippen MR) is 93.9 cm³/mol. The lowest BCUT2D eigenvalue weighted by molar-refractivity contribution is -0.116. The van der Waals surface area contributed by atoms with Gasteiger partial charge in [0.25, 0.3) is 0 Å². The topological polar surface area (TPSA) is 103 Å². The molecule has 1 heterocycles. The number of sulfonamides is 1. The second-order valence-corrected chi connectivity index (χ2v) is 7.36. The highest BCUT2D eigenvalue weighted by Gasteiger charge is 2.19. The number of carbonyl (C=O) groups is 1. The molecule has 0 aliphatic carbocycles. The number of hydrogen-bond donors (Lipinski definition) is 1. The molecular formula is C17H18N4O3S. The molecule has 0 bridgehead atoms. The summed E-state index contributed by atoms with van der Waals surface area (Å²) < 4.78 is 25.1. The number of anilines is 1. The first-order chi connectivity index (χ1) is 11.9. The Morgan fingerprint density at radius 1 is 1.24 bits per heavy atom. The molecule has 25 heavy (non-hydrogen) atoms. The molecule has 7 nitrogen and oxygen atoms in total. The van der Waals surface area contributed by atoms with E-state index in [-0.39, 0.29) is 25.4 Å². The van der Waals surface area contributed by atoms with Gasteiger partial charge in [-0.15, -0.1) is 0 Å². The number of nitriles is 1. The van der Waals surface area contributed by atoms with Gasteiger partial charge in [0.15, 0.2) is 0 Å². The normalized spacial score (nSPS) is 11.1. The fourth-order valence-electron chi connectivity index (χ4n) is 2.16. The van der Waals surface area contributed by atoms with E-state index in [9.17, 15) is 13.2 Å². The van der Waals surface area contributed by atoms with Crippen molar-refractivity contribution < 1.29 is 13.2 Å². The number of rotatable bonds is 7. The maximum Gasteiger partial charge on any atom is 0.225 e. The van der Waals surface area contributed by atoms with Gasteiger partial charge in [0.1, 0.15) is 6.07 Å². The van der Waals surface area contributed by atoms with E-state index in [2.05, 4.69) is 10.3 Å². The summed E-state index contributed by atoms with van der Waals surface area (Å²) in [6, 6.07) is 13.9. The van der Waals surface area contributed by atoms with Crippen LogP contribution in [0.15, 0.2) is 48.7 Å². The van der Waals surface area contributed by atoms with E-state index in [1.807, 2.05) is 6.07 Å². The van der Waals surface area contributed by atoms with Crippen molar-refractivity contribution in [1.29, 1.82) is 5.26 Å². The zero-order valence-electron chi connectivity index (χ0n) is 13.7. The molecule has 1 N–H and O–H groups in total. The third-order valence-corrected chi connectivity index (χ3v) is 4.69. The summed E-state index contributed by atoms with van der Waals surface area (Å²) in [5.41, 5.74) is 1.36. The van der Waals surface area contributed by atoms with Gasteiger partial charge >= 0.3 is 0 Å². The van der Waals surface area contributed by atoms with E-state index in [0.717, 1.165) is 6.26 Å². The number of amides is 1. The molecule has 1 aromatic heterocycles. The average molecular weight is 358 g/mol. The maximum atomic E-state index is 12.1. The van der Waals surface area contributed by atoms with Crippen LogP contribution in [0.3, 0.4) is 0 Å². The molecular weight excluding hydrogens is 340 g/mol. The molecule has 0 spiro atoms. The Morgan fingerprint density at radius 2 is 1.96 bits per heavy atom. The van der Waals surface area contributed by atoms with Gasteiger partial charge in [0, 0.05) is 19.2 Å². The Kier molecular flexibility index (Phi) is 6.22. The van der Waals surface area contributed by atoms with Crippen molar-refractivity contribution in [2.45, 2.75) is 13.0 Å². The first kappa shape index (κ1) is 18.6. The van der Waals surface area contributed by atoms with Gasteiger partial charge in [-0.3, -0.25) is 9.78 Å². The van der Waals surface area contributed by atoms with Crippen molar-refractivity contribution in [2.24, 2.45) is 0 Å². The molecule has 0 unspecified atom stereocenters. The van der Waals surface area contributed by atoms with Crippen LogP contribution < -0.4 is 5.32 Å². The highest BCUT2D eigenvalue weighted by molar-refractivity contribution is 7.88. The molecule has 0 fully saturated rings. The lowest BCUT2D eigenvalue weighted by Crippen LogP contribution is -2.33. The third-order valence-electron chi connectivity index (χ3n) is 3.44. The fraction of sp³-hybridized carbons (Fsp3) is 0.235. The molecule has 2 rings (SSSR count). The van der Waals surface area contributed by atoms with Crippen LogP contribution in [0.1, 0.15) is 17.7 Å². The van der Waals surface area contributed by atoms with Crippen molar-refractivity contribution in [2.75, 3.05) is 18.1 Å². The highest BCUT2D eigenvalue weighted by atomic mass is 32.2. The zero-order chi connectivity index (χ0) is 18.3. The maximum absolute atomic E-state index is 12.1. The number of nitrogens with one attached hydrogen (secondary N) is 1. The van der Waals surface area contributed by atoms with Crippen molar-refractivity contribution in [1.82, 2.24) is 9.29 Å². The summed E-state index contributed by atoms with van der Waals surface area (Å²) in [4.78, 5) is 16.2. The second kappa shape index (κ2) is 8.37. The van der Waals surface area contributed by atoms with Gasteiger partial charge in [-0.25, -0.2) is 8.42 Å². The number of benzene rings is 1. The van der Waals surface area contributed by atoms with Gasteiger partial charge in [-0.2, -0.15) is 9.57 Å². The van der Waals surface area contributed by atoms with E-state index < -0.39 is 10.0 Å². The molecule has 8 heteroatoms. The van der Waals surface area contributed by atoms with Crippen LogP contribution in [0, 0.1) is 11.3 Å². The molecule has 0 aliphatic rings. The Bertz CT molecular complexity index is 876. The standard InChI is InChI=1S/C17H18N4O3S/c1-25(23,24)21(13-15-7-4-5-10-19-15)11-9-17(22)20-16-8-3-2-6-14(16)12-18/h2-8,10H,9,11,13H2,1H3,(H,20,22). The summed E-state index contributed by atoms with van der Waals surface area (Å²) in [6.07, 6.45) is 2.65. The van der Waals surface area contributed by atoms with Crippen LogP contribution in [0.4, 0.5) is 5.69 Å². The monoisotopic (exact) mass is 358 g/mol. The van der Waals surface area contributed by atoms with Crippen molar-refractivity contribution >= 4 is 21.6 Å². The first-order valence-electron chi connectivity index (χ1n) is 7.54. The van der Waals surface area contributed by atoms with Crippen molar-refractivity contribution in [3.63, 3.8) is 0 Å². The van der Waals surface area contributed by atoms with Gasteiger partial charge in [-0.1, -0.05) is 18.2 Å². The van der Waals surface area contributed by atoms with E-state index in [4.69, 9.17) is 5.26 Å².